The highest BCUT2D eigenvalue weighted by Gasteiger charge is 2.43. The number of aromatic nitrogens is 2. The van der Waals surface area contributed by atoms with Crippen molar-refractivity contribution in [3.05, 3.63) is 58.1 Å². The third-order valence-electron chi connectivity index (χ3n) is 9.90. The minimum absolute atomic E-state index is 0.0313. The third kappa shape index (κ3) is 6.54. The number of nitriles is 1. The molecule has 2 fully saturated rings. The summed E-state index contributed by atoms with van der Waals surface area (Å²) >= 11 is 0. The fourth-order valence-corrected chi connectivity index (χ4v) is 7.54. The van der Waals surface area contributed by atoms with Crippen LogP contribution in [0.1, 0.15) is 72.3 Å². The first kappa shape index (κ1) is 33.6. The smallest absolute Gasteiger partial charge is 0.396 e. The van der Waals surface area contributed by atoms with Crippen molar-refractivity contribution < 1.29 is 26.7 Å². The van der Waals surface area contributed by atoms with Gasteiger partial charge in [0.15, 0.2) is 5.83 Å². The van der Waals surface area contributed by atoms with E-state index in [1.54, 1.807) is 6.92 Å². The monoisotopic (exact) mass is 645 g/mol. The zero-order chi connectivity index (χ0) is 33.5. The van der Waals surface area contributed by atoms with Gasteiger partial charge in [0.05, 0.1) is 35.5 Å². The van der Waals surface area contributed by atoms with E-state index in [0.29, 0.717) is 36.3 Å². The number of nitrogen functional groups attached to an aromatic ring is 1. The average molecular weight is 646 g/mol. The van der Waals surface area contributed by atoms with Crippen molar-refractivity contribution in [1.82, 2.24) is 19.8 Å². The number of carbonyl (C=O) groups excluding carboxylic acids is 1. The highest BCUT2D eigenvalue weighted by Crippen LogP contribution is 2.47. The molecule has 3 heterocycles. The number of hydrogen-bond acceptors (Lipinski definition) is 7. The molecule has 2 aromatic rings. The minimum atomic E-state index is -4.78. The first-order valence-corrected chi connectivity index (χ1v) is 15.7. The number of aryl methyl sites for hydroxylation is 2. The molecule has 1 aliphatic carbocycles. The number of amides is 1. The molecule has 1 aromatic heterocycles. The maximum absolute atomic E-state index is 15.6. The zero-order valence-corrected chi connectivity index (χ0v) is 26.4. The lowest BCUT2D eigenvalue weighted by Crippen LogP contribution is -2.55. The van der Waals surface area contributed by atoms with Gasteiger partial charge in [-0.05, 0) is 76.1 Å². The van der Waals surface area contributed by atoms with Gasteiger partial charge in [-0.1, -0.05) is 13.5 Å². The molecule has 5 rings (SSSR count). The van der Waals surface area contributed by atoms with Crippen LogP contribution in [0.4, 0.5) is 33.5 Å². The first-order valence-electron chi connectivity index (χ1n) is 15.7. The van der Waals surface area contributed by atoms with Gasteiger partial charge in [-0.2, -0.15) is 18.4 Å². The van der Waals surface area contributed by atoms with Gasteiger partial charge in [0, 0.05) is 43.2 Å². The predicted molar refractivity (Wildman–Crippen MR) is 164 cm³/mol. The van der Waals surface area contributed by atoms with Crippen molar-refractivity contribution in [3.8, 4) is 6.07 Å². The topological polar surface area (TPSA) is 102 Å². The minimum Gasteiger partial charge on any atom is -0.396 e. The molecule has 2 N–H and O–H groups in total. The summed E-state index contributed by atoms with van der Waals surface area (Å²) in [5.41, 5.74) is 5.31. The van der Waals surface area contributed by atoms with Crippen LogP contribution in [-0.2, 0) is 30.2 Å². The van der Waals surface area contributed by atoms with Crippen LogP contribution in [0.2, 0.25) is 0 Å². The second kappa shape index (κ2) is 13.1. The van der Waals surface area contributed by atoms with Crippen LogP contribution in [0, 0.1) is 30.0 Å². The van der Waals surface area contributed by atoms with Crippen LogP contribution in [0.3, 0.4) is 0 Å². The summed E-state index contributed by atoms with van der Waals surface area (Å²) in [6.45, 7) is 7.86. The SMILES string of the molecule is C=C(F)C(=O)N1CCN(c2nc(CC[C@@H]3CCCN3C)nc3c2C[C@@H](C)[C@H](c2c(F)c(N)cc(C)c2C(F)(F)F)C3)C[C@@H]1CC#N. The quantitative estimate of drug-likeness (QED) is 0.242. The number of anilines is 2. The van der Waals surface area contributed by atoms with Crippen LogP contribution in [0.5, 0.6) is 0 Å². The summed E-state index contributed by atoms with van der Waals surface area (Å²) in [6, 6.07) is 2.85. The molecule has 8 nitrogen and oxygen atoms in total. The lowest BCUT2D eigenvalue weighted by Gasteiger charge is -2.42. The van der Waals surface area contributed by atoms with E-state index < -0.39 is 52.7 Å². The van der Waals surface area contributed by atoms with Crippen LogP contribution < -0.4 is 10.6 Å². The molecule has 46 heavy (non-hydrogen) atoms. The number of halogens is 5. The number of nitrogens with zero attached hydrogens (tertiary/aromatic N) is 6. The van der Waals surface area contributed by atoms with Crippen molar-refractivity contribution in [2.45, 2.75) is 83.0 Å². The molecular weight excluding hydrogens is 605 g/mol. The van der Waals surface area contributed by atoms with E-state index >= 15 is 4.39 Å². The highest BCUT2D eigenvalue weighted by molar-refractivity contribution is 5.91. The summed E-state index contributed by atoms with van der Waals surface area (Å²) in [5.74, 6) is -3.13. The first-order chi connectivity index (χ1) is 21.7. The van der Waals surface area contributed by atoms with Gasteiger partial charge >= 0.3 is 6.18 Å². The Morgan fingerprint density at radius 1 is 1.20 bits per heavy atom. The van der Waals surface area contributed by atoms with Crippen molar-refractivity contribution in [3.63, 3.8) is 0 Å². The third-order valence-corrected chi connectivity index (χ3v) is 9.90. The second-order valence-electron chi connectivity index (χ2n) is 12.9. The van der Waals surface area contributed by atoms with Crippen molar-refractivity contribution >= 4 is 17.4 Å². The molecule has 2 saturated heterocycles. The Bertz CT molecular complexity index is 1550. The van der Waals surface area contributed by atoms with Crippen LogP contribution in [0.15, 0.2) is 18.5 Å². The molecule has 0 bridgehead atoms. The Morgan fingerprint density at radius 3 is 2.57 bits per heavy atom. The molecule has 0 spiro atoms. The number of carbonyl (C=O) groups is 1. The fraction of sp³-hybridized carbons (Fsp3) is 0.576. The predicted octanol–water partition coefficient (Wildman–Crippen LogP) is 5.48. The molecule has 3 aliphatic rings. The van der Waals surface area contributed by atoms with Gasteiger partial charge in [0.1, 0.15) is 17.5 Å². The second-order valence-corrected chi connectivity index (χ2v) is 12.9. The Hall–Kier alpha value is -3.79. The Labute approximate surface area is 266 Å². The van der Waals surface area contributed by atoms with E-state index in [4.69, 9.17) is 15.7 Å². The zero-order valence-electron chi connectivity index (χ0n) is 26.4. The molecule has 13 heteroatoms. The Balaban J connectivity index is 1.56. The van der Waals surface area contributed by atoms with Crippen molar-refractivity contribution in [2.24, 2.45) is 5.92 Å². The molecule has 1 aromatic carbocycles. The van der Waals surface area contributed by atoms with E-state index in [1.807, 2.05) is 4.90 Å². The fourth-order valence-electron chi connectivity index (χ4n) is 7.54. The van der Waals surface area contributed by atoms with Gasteiger partial charge in [0.2, 0.25) is 0 Å². The van der Waals surface area contributed by atoms with Gasteiger partial charge in [0.25, 0.3) is 5.91 Å². The molecular formula is C33H40F5N7O. The summed E-state index contributed by atoms with van der Waals surface area (Å²) in [4.78, 5) is 27.9. The van der Waals surface area contributed by atoms with E-state index in [1.165, 1.54) is 11.8 Å². The molecule has 2 aliphatic heterocycles. The number of piperazine rings is 1. The number of likely N-dealkylation sites (tertiary alicyclic amines) is 1. The standard InChI is InChI=1S/C33H40F5N7O/c1-18-14-24-26(16-23(18)28-29(33(36,37)38)19(2)15-25(40)30(28)35)41-27(8-7-21-6-5-11-43(21)4)42-31(24)44-12-13-45(32(46)20(3)34)22(17-44)9-10-39/h15,18,21-23H,3,5-9,11-14,16-17,40H2,1-2,4H3/t18-,21+,22+,23-/m1/s1. The van der Waals surface area contributed by atoms with E-state index in [0.717, 1.165) is 37.4 Å². The number of nitrogens with two attached hydrogens (primary N) is 1. The van der Waals surface area contributed by atoms with Gasteiger partial charge < -0.3 is 20.4 Å². The molecule has 248 valence electrons. The van der Waals surface area contributed by atoms with Crippen LogP contribution in [-0.4, -0.2) is 71.0 Å². The maximum Gasteiger partial charge on any atom is 0.417 e. The Morgan fingerprint density at radius 2 is 1.93 bits per heavy atom. The average Bonchev–Trinajstić information content (AvgIpc) is 3.40. The number of benzene rings is 1. The van der Waals surface area contributed by atoms with E-state index in [2.05, 4.69) is 24.6 Å². The van der Waals surface area contributed by atoms with E-state index in [9.17, 15) is 27.6 Å². The lowest BCUT2D eigenvalue weighted by atomic mass is 9.73. The van der Waals surface area contributed by atoms with Gasteiger partial charge in [-0.15, -0.1) is 0 Å². The molecule has 0 radical (unpaired) electrons. The number of rotatable bonds is 7. The van der Waals surface area contributed by atoms with Crippen molar-refractivity contribution in [1.29, 1.82) is 5.26 Å². The highest BCUT2D eigenvalue weighted by atomic mass is 19.4. The Kier molecular flexibility index (Phi) is 9.59. The largest absolute Gasteiger partial charge is 0.417 e. The summed E-state index contributed by atoms with van der Waals surface area (Å²) < 4.78 is 72.5. The van der Waals surface area contributed by atoms with Gasteiger partial charge in [-0.25, -0.2) is 18.7 Å². The normalized spacial score (nSPS) is 23.7. The molecule has 0 unspecified atom stereocenters. The number of fused-ring (bicyclic) bond motifs is 1. The number of hydrogen-bond donors (Lipinski definition) is 1. The number of alkyl halides is 3. The molecule has 1 amide bonds. The lowest BCUT2D eigenvalue weighted by molar-refractivity contribution is -0.139. The summed E-state index contributed by atoms with van der Waals surface area (Å²) in [7, 11) is 2.07. The summed E-state index contributed by atoms with van der Waals surface area (Å²) in [5, 5.41) is 9.49. The van der Waals surface area contributed by atoms with Gasteiger partial charge in [-0.3, -0.25) is 4.79 Å². The van der Waals surface area contributed by atoms with Crippen LogP contribution >= 0.6 is 0 Å². The molecule has 0 saturated carbocycles. The van der Waals surface area contributed by atoms with Crippen LogP contribution in [0.25, 0.3) is 0 Å². The maximum atomic E-state index is 15.6. The van der Waals surface area contributed by atoms with E-state index in [-0.39, 0.29) is 43.6 Å². The van der Waals surface area contributed by atoms with Crippen molar-refractivity contribution in [2.75, 3.05) is 43.9 Å². The molecule has 4 atom stereocenters. The summed E-state index contributed by atoms with van der Waals surface area (Å²) in [6.07, 6.45) is -0.976.